The van der Waals surface area contributed by atoms with Crippen LogP contribution in [0.5, 0.6) is 5.75 Å². The molecule has 17 heavy (non-hydrogen) atoms. The van der Waals surface area contributed by atoms with Crippen molar-refractivity contribution in [3.8, 4) is 5.75 Å². The summed E-state index contributed by atoms with van der Waals surface area (Å²) in [6.07, 6.45) is -3.34. The van der Waals surface area contributed by atoms with Crippen molar-refractivity contribution in [3.63, 3.8) is 0 Å². The van der Waals surface area contributed by atoms with E-state index in [9.17, 15) is 13.2 Å². The normalized spacial score (nSPS) is 11.8. The minimum Gasteiger partial charge on any atom is -0.402 e. The highest BCUT2D eigenvalue weighted by molar-refractivity contribution is 9.11. The van der Waals surface area contributed by atoms with Gasteiger partial charge in [0.25, 0.3) is 0 Å². The lowest BCUT2D eigenvalue weighted by molar-refractivity contribution is -0.274. The van der Waals surface area contributed by atoms with Gasteiger partial charge in [-0.15, -0.1) is 13.2 Å². The van der Waals surface area contributed by atoms with Crippen molar-refractivity contribution in [2.75, 3.05) is 0 Å². The summed E-state index contributed by atoms with van der Waals surface area (Å²) in [4.78, 5) is 3.90. The van der Waals surface area contributed by atoms with Crippen molar-refractivity contribution < 1.29 is 17.9 Å². The Labute approximate surface area is 111 Å². The molecule has 0 atom stereocenters. The maximum Gasteiger partial charge on any atom is 0.573 e. The number of halogens is 5. The van der Waals surface area contributed by atoms with Crippen LogP contribution in [0.4, 0.5) is 13.2 Å². The van der Waals surface area contributed by atoms with Crippen LogP contribution < -0.4 is 4.74 Å². The van der Waals surface area contributed by atoms with E-state index in [1.54, 1.807) is 12.1 Å². The number of benzene rings is 1. The molecule has 0 amide bonds. The molecule has 1 aromatic heterocycles. The van der Waals surface area contributed by atoms with Crippen molar-refractivity contribution in [3.05, 3.63) is 33.3 Å². The van der Waals surface area contributed by atoms with Crippen LogP contribution in [0, 0.1) is 0 Å². The van der Waals surface area contributed by atoms with Gasteiger partial charge in [0.1, 0.15) is 5.52 Å². The Kier molecular flexibility index (Phi) is 3.31. The quantitative estimate of drug-likeness (QED) is 0.728. The Balaban J connectivity index is 2.69. The summed E-state index contributed by atoms with van der Waals surface area (Å²) in [6.45, 7) is 0. The lowest BCUT2D eigenvalue weighted by Crippen LogP contribution is -2.17. The Hall–Kier alpha value is -0.820. The SMILES string of the molecule is FC(F)(F)Oc1c(Br)cc(Br)c2cccnc12. The number of hydrogen-bond donors (Lipinski definition) is 0. The van der Waals surface area contributed by atoms with Crippen molar-refractivity contribution in [1.82, 2.24) is 4.98 Å². The van der Waals surface area contributed by atoms with Crippen molar-refractivity contribution >= 4 is 42.8 Å². The second kappa shape index (κ2) is 4.45. The minimum absolute atomic E-state index is 0.145. The Morgan fingerprint density at radius 2 is 1.88 bits per heavy atom. The molecule has 1 heterocycles. The third kappa shape index (κ3) is 2.71. The van der Waals surface area contributed by atoms with Gasteiger partial charge in [-0.1, -0.05) is 22.0 Å². The van der Waals surface area contributed by atoms with Crippen LogP contribution in [0.15, 0.2) is 33.3 Å². The molecule has 0 spiro atoms. The van der Waals surface area contributed by atoms with Crippen LogP contribution in [-0.4, -0.2) is 11.3 Å². The number of ether oxygens (including phenoxy) is 1. The second-order valence-electron chi connectivity index (χ2n) is 3.12. The summed E-state index contributed by atoms with van der Waals surface area (Å²) in [7, 11) is 0. The van der Waals surface area contributed by atoms with Crippen LogP contribution in [-0.2, 0) is 0 Å². The summed E-state index contributed by atoms with van der Waals surface area (Å²) >= 11 is 6.28. The van der Waals surface area contributed by atoms with Gasteiger partial charge < -0.3 is 4.74 Å². The first kappa shape index (κ1) is 12.6. The van der Waals surface area contributed by atoms with Crippen LogP contribution in [0.3, 0.4) is 0 Å². The van der Waals surface area contributed by atoms with E-state index < -0.39 is 6.36 Å². The molecule has 0 N–H and O–H groups in total. The average molecular weight is 371 g/mol. The average Bonchev–Trinajstić information content (AvgIpc) is 2.23. The molecule has 0 fully saturated rings. The predicted octanol–water partition coefficient (Wildman–Crippen LogP) is 4.66. The van der Waals surface area contributed by atoms with Gasteiger partial charge in [0, 0.05) is 16.1 Å². The third-order valence-corrected chi connectivity index (χ3v) is 3.21. The first-order chi connectivity index (χ1) is 7.88. The first-order valence-electron chi connectivity index (χ1n) is 4.37. The fraction of sp³-hybridized carbons (Fsp3) is 0.100. The molecule has 0 aliphatic heterocycles. The van der Waals surface area contributed by atoms with Crippen LogP contribution in [0.25, 0.3) is 10.9 Å². The van der Waals surface area contributed by atoms with E-state index in [4.69, 9.17) is 0 Å². The highest BCUT2D eigenvalue weighted by Gasteiger charge is 2.33. The number of fused-ring (bicyclic) bond motifs is 1. The van der Waals surface area contributed by atoms with Crippen molar-refractivity contribution in [2.45, 2.75) is 6.36 Å². The Bertz CT molecular complexity index is 571. The zero-order valence-electron chi connectivity index (χ0n) is 8.05. The molecule has 0 radical (unpaired) electrons. The van der Waals surface area contributed by atoms with E-state index in [1.807, 2.05) is 0 Å². The molecule has 0 aliphatic rings. The molecule has 1 aromatic carbocycles. The molecule has 0 saturated heterocycles. The fourth-order valence-corrected chi connectivity index (χ4v) is 2.71. The molecule has 2 nitrogen and oxygen atoms in total. The molecule has 0 unspecified atom stereocenters. The zero-order valence-corrected chi connectivity index (χ0v) is 11.2. The number of aromatic nitrogens is 1. The Morgan fingerprint density at radius 1 is 1.18 bits per heavy atom. The molecule has 90 valence electrons. The highest BCUT2D eigenvalue weighted by Crippen LogP contribution is 2.39. The largest absolute Gasteiger partial charge is 0.573 e. The van der Waals surface area contributed by atoms with Crippen molar-refractivity contribution in [1.29, 1.82) is 0 Å². The van der Waals surface area contributed by atoms with Gasteiger partial charge in [-0.25, -0.2) is 0 Å². The molecule has 0 bridgehead atoms. The smallest absolute Gasteiger partial charge is 0.402 e. The topological polar surface area (TPSA) is 22.1 Å². The van der Waals surface area contributed by atoms with E-state index in [1.165, 1.54) is 12.3 Å². The highest BCUT2D eigenvalue weighted by atomic mass is 79.9. The number of alkyl halides is 3. The van der Waals surface area contributed by atoms with E-state index in [2.05, 4.69) is 41.6 Å². The molecule has 7 heteroatoms. The van der Waals surface area contributed by atoms with Gasteiger partial charge in [-0.2, -0.15) is 0 Å². The number of rotatable bonds is 1. The number of pyridine rings is 1. The minimum atomic E-state index is -4.75. The van der Waals surface area contributed by atoms with Gasteiger partial charge in [0.2, 0.25) is 0 Å². The summed E-state index contributed by atoms with van der Waals surface area (Å²) in [6, 6.07) is 4.78. The summed E-state index contributed by atoms with van der Waals surface area (Å²) in [5.41, 5.74) is 0.145. The third-order valence-electron chi connectivity index (χ3n) is 1.97. The van der Waals surface area contributed by atoms with Gasteiger partial charge in [-0.3, -0.25) is 4.98 Å². The van der Waals surface area contributed by atoms with E-state index in [0.29, 0.717) is 9.86 Å². The molecule has 0 aliphatic carbocycles. The summed E-state index contributed by atoms with van der Waals surface area (Å²) in [5, 5.41) is 0.551. The zero-order chi connectivity index (χ0) is 12.6. The van der Waals surface area contributed by atoms with E-state index in [-0.39, 0.29) is 15.7 Å². The lowest BCUT2D eigenvalue weighted by atomic mass is 10.2. The van der Waals surface area contributed by atoms with Crippen LogP contribution in [0.2, 0.25) is 0 Å². The van der Waals surface area contributed by atoms with Crippen LogP contribution in [0.1, 0.15) is 0 Å². The molecule has 0 saturated carbocycles. The maximum absolute atomic E-state index is 12.3. The summed E-state index contributed by atoms with van der Waals surface area (Å²) < 4.78 is 41.6. The van der Waals surface area contributed by atoms with Gasteiger partial charge in [-0.05, 0) is 28.1 Å². The van der Waals surface area contributed by atoms with E-state index in [0.717, 1.165) is 0 Å². The standard InChI is InChI=1S/C10H4Br2F3NO/c11-6-4-7(12)9(17-10(13,14)15)8-5(6)2-1-3-16-8/h1-4H. The van der Waals surface area contributed by atoms with Crippen molar-refractivity contribution in [2.24, 2.45) is 0 Å². The van der Waals surface area contributed by atoms with Gasteiger partial charge in [0.15, 0.2) is 5.75 Å². The number of nitrogens with zero attached hydrogens (tertiary/aromatic N) is 1. The van der Waals surface area contributed by atoms with Gasteiger partial charge >= 0.3 is 6.36 Å². The first-order valence-corrected chi connectivity index (χ1v) is 5.95. The predicted molar refractivity (Wildman–Crippen MR) is 63.8 cm³/mol. The maximum atomic E-state index is 12.3. The fourth-order valence-electron chi connectivity index (χ4n) is 1.36. The molecule has 2 rings (SSSR count). The molecule has 2 aromatic rings. The van der Waals surface area contributed by atoms with E-state index >= 15 is 0 Å². The molecular formula is C10H4Br2F3NO. The Morgan fingerprint density at radius 3 is 2.53 bits per heavy atom. The number of hydrogen-bond acceptors (Lipinski definition) is 2. The summed E-state index contributed by atoms with van der Waals surface area (Å²) in [5.74, 6) is -0.337. The lowest BCUT2D eigenvalue weighted by Gasteiger charge is -2.13. The van der Waals surface area contributed by atoms with Crippen LogP contribution >= 0.6 is 31.9 Å². The second-order valence-corrected chi connectivity index (χ2v) is 4.83. The molecular weight excluding hydrogens is 367 g/mol. The monoisotopic (exact) mass is 369 g/mol. The van der Waals surface area contributed by atoms with Gasteiger partial charge in [0.05, 0.1) is 4.47 Å².